The fourth-order valence-electron chi connectivity index (χ4n) is 4.09. The van der Waals surface area contributed by atoms with E-state index in [1.807, 2.05) is 0 Å². The lowest BCUT2D eigenvalue weighted by molar-refractivity contribution is -0.0605. The monoisotopic (exact) mass is 608 g/mol. The molecule has 3 heterocycles. The maximum atomic E-state index is 12.9. The fraction of sp³-hybridized carbons (Fsp3) is 0.833. The third kappa shape index (κ3) is 5.95. The number of ether oxygens (including phenoxy) is 1. The molecule has 1 aromatic heterocycles. The molecule has 1 spiro atoms. The molecule has 0 bridgehead atoms. The number of halogens is 1. The largest absolute Gasteiger partial charge is 0.414 e. The standard InChI is InChI=1S/C24H45ClN4O6SSi2/c1-22(2,3)37(7,8)32-15-19-24(18(26)16-36(30,31)35-24)20(34-38(9,10)23(4,5)6)21(33-19)29-17(12-11-13-25)14-27-28-29/h14,16,19-21H,11-13,15,26H2,1-10H3/t19-,20+,21-,24?/m1/s1. The van der Waals surface area contributed by atoms with Gasteiger partial charge >= 0.3 is 0 Å². The minimum atomic E-state index is -4.08. The van der Waals surface area contributed by atoms with E-state index >= 15 is 0 Å². The van der Waals surface area contributed by atoms with Crippen molar-refractivity contribution in [2.45, 2.75) is 115 Å². The van der Waals surface area contributed by atoms with E-state index < -0.39 is 50.8 Å². The SMILES string of the molecule is CC(C)(C)[Si](C)(C)OC[C@H]1O[C@@H](n2nncc2CCCCl)[C@H](O[Si](C)(C)C(C)(C)C)C12OS(=O)(=O)C=C2N. The molecule has 2 aliphatic rings. The predicted molar refractivity (Wildman–Crippen MR) is 153 cm³/mol. The summed E-state index contributed by atoms with van der Waals surface area (Å²) in [6.45, 7) is 21.3. The summed E-state index contributed by atoms with van der Waals surface area (Å²) in [4.78, 5) is 0. The van der Waals surface area contributed by atoms with E-state index in [0.29, 0.717) is 18.7 Å². The van der Waals surface area contributed by atoms with Crippen LogP contribution in [0.3, 0.4) is 0 Å². The first-order valence-electron chi connectivity index (χ1n) is 13.0. The van der Waals surface area contributed by atoms with E-state index in [0.717, 1.165) is 11.1 Å². The maximum absolute atomic E-state index is 12.9. The predicted octanol–water partition coefficient (Wildman–Crippen LogP) is 4.66. The van der Waals surface area contributed by atoms with Gasteiger partial charge in [-0.25, -0.2) is 8.86 Å². The van der Waals surface area contributed by atoms with Crippen molar-refractivity contribution in [2.24, 2.45) is 5.73 Å². The van der Waals surface area contributed by atoms with Gasteiger partial charge in [0.05, 0.1) is 29.6 Å². The van der Waals surface area contributed by atoms with Crippen LogP contribution in [0.4, 0.5) is 0 Å². The van der Waals surface area contributed by atoms with Crippen LogP contribution in [0.2, 0.25) is 36.3 Å². The van der Waals surface area contributed by atoms with Crippen LogP contribution in [-0.2, 0) is 34.3 Å². The summed E-state index contributed by atoms with van der Waals surface area (Å²) in [6.07, 6.45) is 0.371. The van der Waals surface area contributed by atoms with Gasteiger partial charge in [0.1, 0.15) is 12.2 Å². The minimum absolute atomic E-state index is 0.0370. The Morgan fingerprint density at radius 1 is 1.13 bits per heavy atom. The highest BCUT2D eigenvalue weighted by atomic mass is 35.5. The van der Waals surface area contributed by atoms with Gasteiger partial charge in [0.25, 0.3) is 10.1 Å². The van der Waals surface area contributed by atoms with Crippen LogP contribution in [0, 0.1) is 0 Å². The lowest BCUT2D eigenvalue weighted by Crippen LogP contribution is -2.59. The number of nitrogens with two attached hydrogens (primary N) is 1. The van der Waals surface area contributed by atoms with Gasteiger partial charge in [-0.3, -0.25) is 0 Å². The van der Waals surface area contributed by atoms with Gasteiger partial charge in [-0.2, -0.15) is 8.42 Å². The number of aromatic nitrogens is 3. The molecule has 1 fully saturated rings. The van der Waals surface area contributed by atoms with Crippen LogP contribution in [0.5, 0.6) is 0 Å². The summed E-state index contributed by atoms with van der Waals surface area (Å²) in [6, 6.07) is 0. The zero-order chi connectivity index (χ0) is 28.9. The Morgan fingerprint density at radius 2 is 1.74 bits per heavy atom. The van der Waals surface area contributed by atoms with Crippen molar-refractivity contribution in [3.63, 3.8) is 0 Å². The summed E-state index contributed by atoms with van der Waals surface area (Å²) in [5.74, 6) is 0.477. The average molecular weight is 609 g/mol. The molecule has 14 heteroatoms. The average Bonchev–Trinajstić information content (AvgIpc) is 3.38. The third-order valence-electron chi connectivity index (χ3n) is 8.53. The summed E-state index contributed by atoms with van der Waals surface area (Å²) >= 11 is 5.97. The third-order valence-corrected chi connectivity index (χ3v) is 18.8. The Hall–Kier alpha value is -0.806. The molecule has 0 aromatic carbocycles. The number of hydrogen-bond donors (Lipinski definition) is 1. The van der Waals surface area contributed by atoms with Crippen molar-refractivity contribution in [1.82, 2.24) is 15.0 Å². The first-order chi connectivity index (χ1) is 17.2. The molecule has 0 saturated carbocycles. The Labute approximate surface area is 234 Å². The number of nitrogens with zero attached hydrogens (tertiary/aromatic N) is 3. The van der Waals surface area contributed by atoms with Gasteiger partial charge in [0.2, 0.25) is 0 Å². The van der Waals surface area contributed by atoms with E-state index in [9.17, 15) is 8.42 Å². The first-order valence-corrected chi connectivity index (χ1v) is 20.9. The van der Waals surface area contributed by atoms with Crippen LogP contribution in [0.15, 0.2) is 17.3 Å². The van der Waals surface area contributed by atoms with Gasteiger partial charge in [-0.1, -0.05) is 46.8 Å². The molecule has 2 N–H and O–H groups in total. The normalized spacial score (nSPS) is 28.3. The lowest BCUT2D eigenvalue weighted by atomic mass is 9.89. The van der Waals surface area contributed by atoms with Crippen LogP contribution in [-0.4, -0.2) is 70.3 Å². The summed E-state index contributed by atoms with van der Waals surface area (Å²) in [7, 11) is -8.83. The molecule has 1 aromatic rings. The van der Waals surface area contributed by atoms with E-state index in [4.69, 9.17) is 35.1 Å². The Bertz CT molecular complexity index is 1150. The van der Waals surface area contributed by atoms with Crippen molar-refractivity contribution in [2.75, 3.05) is 12.5 Å². The Morgan fingerprint density at radius 3 is 2.24 bits per heavy atom. The van der Waals surface area contributed by atoms with Gasteiger partial charge in [-0.05, 0) is 49.1 Å². The summed E-state index contributed by atoms with van der Waals surface area (Å²) < 4.78 is 53.3. The zero-order valence-corrected chi connectivity index (χ0v) is 27.9. The minimum Gasteiger partial charge on any atom is -0.414 e. The molecule has 1 saturated heterocycles. The van der Waals surface area contributed by atoms with Gasteiger partial charge in [-0.15, -0.1) is 16.7 Å². The van der Waals surface area contributed by atoms with E-state index in [2.05, 4.69) is 78.0 Å². The number of rotatable bonds is 9. The molecule has 10 nitrogen and oxygen atoms in total. The Kier molecular flexibility index (Phi) is 8.80. The molecule has 2 aliphatic heterocycles. The molecule has 0 amide bonds. The fourth-order valence-corrected chi connectivity index (χ4v) is 7.74. The maximum Gasteiger partial charge on any atom is 0.292 e. The molecule has 0 radical (unpaired) electrons. The molecule has 4 atom stereocenters. The molecule has 218 valence electrons. The summed E-state index contributed by atoms with van der Waals surface area (Å²) in [5.41, 5.74) is 5.74. The quantitative estimate of drug-likeness (QED) is 0.242. The molecule has 1 unspecified atom stereocenters. The second-order valence-corrected chi connectivity index (χ2v) is 24.6. The van der Waals surface area contributed by atoms with Gasteiger partial charge in [0.15, 0.2) is 28.5 Å². The van der Waals surface area contributed by atoms with E-state index in [1.54, 1.807) is 10.9 Å². The van der Waals surface area contributed by atoms with E-state index in [-0.39, 0.29) is 22.4 Å². The molecule has 3 rings (SSSR count). The second kappa shape index (κ2) is 10.5. The highest BCUT2D eigenvalue weighted by Crippen LogP contribution is 2.52. The Balaban J connectivity index is 2.16. The second-order valence-electron chi connectivity index (χ2n) is 13.3. The van der Waals surface area contributed by atoms with Crippen molar-refractivity contribution in [1.29, 1.82) is 0 Å². The smallest absolute Gasteiger partial charge is 0.292 e. The van der Waals surface area contributed by atoms with Crippen LogP contribution < -0.4 is 5.73 Å². The highest BCUT2D eigenvalue weighted by molar-refractivity contribution is 7.90. The first kappa shape index (κ1) is 31.7. The van der Waals surface area contributed by atoms with Crippen LogP contribution in [0.1, 0.15) is 59.9 Å². The number of alkyl halides is 1. The van der Waals surface area contributed by atoms with Crippen LogP contribution in [0.25, 0.3) is 0 Å². The lowest BCUT2D eigenvalue weighted by Gasteiger charge is -2.43. The van der Waals surface area contributed by atoms with Crippen molar-refractivity contribution < 1.29 is 26.2 Å². The van der Waals surface area contributed by atoms with Crippen molar-refractivity contribution >= 4 is 38.4 Å². The van der Waals surface area contributed by atoms with Gasteiger partial charge < -0.3 is 19.3 Å². The summed E-state index contributed by atoms with van der Waals surface area (Å²) in [5, 5.41) is 9.16. The van der Waals surface area contributed by atoms with Crippen LogP contribution >= 0.6 is 11.6 Å². The molecular weight excluding hydrogens is 564 g/mol. The zero-order valence-electron chi connectivity index (χ0n) is 24.4. The topological polar surface area (TPSA) is 128 Å². The highest BCUT2D eigenvalue weighted by Gasteiger charge is 2.67. The number of hydrogen-bond acceptors (Lipinski definition) is 9. The molecule has 0 aliphatic carbocycles. The molecule has 38 heavy (non-hydrogen) atoms. The molecular formula is C24H45ClN4O6SSi2. The van der Waals surface area contributed by atoms with Crippen molar-refractivity contribution in [3.05, 3.63) is 23.0 Å². The van der Waals surface area contributed by atoms with Gasteiger partial charge in [0, 0.05) is 5.88 Å². The van der Waals surface area contributed by atoms with E-state index in [1.165, 1.54) is 0 Å². The van der Waals surface area contributed by atoms with Crippen molar-refractivity contribution in [3.8, 4) is 0 Å². The number of aryl methyl sites for hydroxylation is 1.